The summed E-state index contributed by atoms with van der Waals surface area (Å²) in [5.74, 6) is 1.26. The van der Waals surface area contributed by atoms with Crippen LogP contribution in [0.4, 0.5) is 0 Å². The molecule has 0 unspecified atom stereocenters. The Labute approximate surface area is 221 Å². The maximum absolute atomic E-state index is 13.5. The summed E-state index contributed by atoms with van der Waals surface area (Å²) in [5.41, 5.74) is 6.35. The van der Waals surface area contributed by atoms with Gasteiger partial charge in [0, 0.05) is 19.2 Å². The number of ether oxygens (including phenoxy) is 2. The van der Waals surface area contributed by atoms with E-state index >= 15 is 0 Å². The van der Waals surface area contributed by atoms with Gasteiger partial charge >= 0.3 is 0 Å². The van der Waals surface area contributed by atoms with Crippen LogP contribution in [0.5, 0.6) is 11.5 Å². The van der Waals surface area contributed by atoms with E-state index in [4.69, 9.17) is 15.2 Å². The molecule has 2 atom stereocenters. The van der Waals surface area contributed by atoms with Crippen molar-refractivity contribution in [2.75, 3.05) is 26.4 Å². The molecule has 10 heteroatoms. The van der Waals surface area contributed by atoms with E-state index in [1.54, 1.807) is 6.07 Å². The maximum atomic E-state index is 13.5. The summed E-state index contributed by atoms with van der Waals surface area (Å²) in [6, 6.07) is 13.1. The van der Waals surface area contributed by atoms with Crippen molar-refractivity contribution in [1.82, 2.24) is 9.62 Å². The minimum absolute atomic E-state index is 0.00666. The second-order valence-corrected chi connectivity index (χ2v) is 12.0. The molecule has 1 heterocycles. The molecule has 0 spiro atoms. The number of carbonyl (C=O) groups is 1. The Morgan fingerprint density at radius 2 is 1.65 bits per heavy atom. The number of carbonyl (C=O) groups excluding carboxylic acids is 1. The molecule has 9 nitrogen and oxygen atoms in total. The van der Waals surface area contributed by atoms with Gasteiger partial charge in [-0.25, -0.2) is 8.42 Å². The largest absolute Gasteiger partial charge is 0.454 e. The first-order chi connectivity index (χ1) is 17.4. The monoisotopic (exact) mass is 535 g/mol. The lowest BCUT2D eigenvalue weighted by molar-refractivity contribution is -0.121. The molecule has 2 aromatic rings. The number of rotatable bonds is 11. The van der Waals surface area contributed by atoms with Crippen molar-refractivity contribution in [3.8, 4) is 11.5 Å². The molecule has 0 aromatic heterocycles. The average Bonchev–Trinajstić information content (AvgIpc) is 3.31. The number of benzene rings is 2. The summed E-state index contributed by atoms with van der Waals surface area (Å²) in [6.45, 7) is 10.1. The number of aliphatic hydroxyl groups excluding tert-OH is 1. The Morgan fingerprint density at radius 1 is 1.03 bits per heavy atom. The highest BCUT2D eigenvalue weighted by Crippen LogP contribution is 2.34. The minimum atomic E-state index is -3.95. The lowest BCUT2D eigenvalue weighted by Gasteiger charge is -2.30. The summed E-state index contributed by atoms with van der Waals surface area (Å²) >= 11 is 0. The van der Waals surface area contributed by atoms with Crippen LogP contribution in [-0.2, 0) is 21.2 Å². The summed E-state index contributed by atoms with van der Waals surface area (Å²) in [7, 11) is -3.95. The van der Waals surface area contributed by atoms with Crippen LogP contribution in [0.3, 0.4) is 0 Å². The van der Waals surface area contributed by atoms with Gasteiger partial charge in [-0.15, -0.1) is 0 Å². The van der Waals surface area contributed by atoms with Crippen LogP contribution in [0.1, 0.15) is 40.2 Å². The molecule has 3 rings (SSSR count). The fourth-order valence-corrected chi connectivity index (χ4v) is 5.25. The average molecular weight is 536 g/mol. The fraction of sp³-hybridized carbons (Fsp3) is 0.519. The normalized spacial score (nSPS) is 14.3. The maximum Gasteiger partial charge on any atom is 0.243 e. The smallest absolute Gasteiger partial charge is 0.243 e. The number of nitrogens with zero attached hydrogens (tertiary/aromatic N) is 1. The van der Waals surface area contributed by atoms with Crippen molar-refractivity contribution in [3.63, 3.8) is 0 Å². The van der Waals surface area contributed by atoms with Crippen molar-refractivity contribution in [1.29, 1.82) is 0 Å². The number of hydrogen-bond acceptors (Lipinski definition) is 7. The van der Waals surface area contributed by atoms with Crippen molar-refractivity contribution < 1.29 is 27.8 Å². The number of nitrogens with one attached hydrogen (secondary N) is 1. The van der Waals surface area contributed by atoms with Gasteiger partial charge in [0.2, 0.25) is 22.7 Å². The third-order valence-electron chi connectivity index (χ3n) is 5.24. The highest BCUT2D eigenvalue weighted by molar-refractivity contribution is 7.89. The van der Waals surface area contributed by atoms with Crippen LogP contribution in [0, 0.1) is 11.8 Å². The molecule has 0 saturated heterocycles. The molecule has 0 radical (unpaired) electrons. The van der Waals surface area contributed by atoms with Crippen LogP contribution in [0.15, 0.2) is 53.4 Å². The Kier molecular flexibility index (Phi) is 11.8. The Balaban J connectivity index is 0.00000112. The molecular weight excluding hydrogens is 494 g/mol. The van der Waals surface area contributed by atoms with Crippen molar-refractivity contribution in [3.05, 3.63) is 54.1 Å². The number of aliphatic hydroxyl groups is 1. The quantitative estimate of drug-likeness (QED) is 0.403. The second kappa shape index (κ2) is 14.3. The van der Waals surface area contributed by atoms with Gasteiger partial charge in [-0.05, 0) is 36.0 Å². The Hall–Kier alpha value is -2.66. The molecule has 2 aromatic carbocycles. The highest BCUT2D eigenvalue weighted by Gasteiger charge is 2.32. The van der Waals surface area contributed by atoms with Gasteiger partial charge in [0.05, 0.1) is 23.6 Å². The zero-order valence-corrected chi connectivity index (χ0v) is 23.2. The van der Waals surface area contributed by atoms with Crippen LogP contribution < -0.4 is 20.5 Å². The van der Waals surface area contributed by atoms with Gasteiger partial charge in [0.1, 0.15) is 0 Å². The minimum Gasteiger partial charge on any atom is -0.454 e. The van der Waals surface area contributed by atoms with Gasteiger partial charge in [0.15, 0.2) is 11.5 Å². The van der Waals surface area contributed by atoms with Crippen LogP contribution in [-0.4, -0.2) is 62.3 Å². The Morgan fingerprint density at radius 3 is 2.24 bits per heavy atom. The summed E-state index contributed by atoms with van der Waals surface area (Å²) in [4.78, 5) is 12.0. The first kappa shape index (κ1) is 30.6. The van der Waals surface area contributed by atoms with E-state index in [1.807, 2.05) is 44.2 Å². The lowest BCUT2D eigenvalue weighted by Crippen LogP contribution is -2.52. The predicted octanol–water partition coefficient (Wildman–Crippen LogP) is 2.77. The fourth-order valence-electron chi connectivity index (χ4n) is 3.62. The van der Waals surface area contributed by atoms with E-state index in [1.165, 1.54) is 16.4 Å². The van der Waals surface area contributed by atoms with E-state index in [9.17, 15) is 18.3 Å². The first-order valence-corrected chi connectivity index (χ1v) is 14.0. The van der Waals surface area contributed by atoms with Crippen molar-refractivity contribution in [2.24, 2.45) is 17.6 Å². The highest BCUT2D eigenvalue weighted by atomic mass is 32.2. The van der Waals surface area contributed by atoms with E-state index in [0.717, 1.165) is 11.5 Å². The molecule has 0 bridgehead atoms. The van der Waals surface area contributed by atoms with E-state index in [0.29, 0.717) is 17.9 Å². The van der Waals surface area contributed by atoms with Gasteiger partial charge in [-0.1, -0.05) is 65.0 Å². The van der Waals surface area contributed by atoms with Crippen LogP contribution >= 0.6 is 0 Å². The molecule has 0 fully saturated rings. The predicted molar refractivity (Wildman–Crippen MR) is 144 cm³/mol. The van der Waals surface area contributed by atoms with Crippen LogP contribution in [0.25, 0.3) is 0 Å². The lowest BCUT2D eigenvalue weighted by atomic mass is 10.0. The molecule has 37 heavy (non-hydrogen) atoms. The Bertz CT molecular complexity index is 1090. The standard InChI is InChI=1S/C23H31N3O6S.C4H10/c1-16(2)13-26(33(29,30)18-8-9-21-22(11-18)32-15-31-21)14-20(27)19(25-23(28)12-24)10-17-6-4-3-5-7-17;1-4(2)3/h3-9,11,16,19-20,27H,10,12-15,24H2,1-2H3,(H,25,28);4H,1-3H3/t19-,20+;/m0./s1. The molecule has 0 saturated carbocycles. The summed E-state index contributed by atoms with van der Waals surface area (Å²) in [6.07, 6.45) is -0.837. The molecule has 206 valence electrons. The van der Waals surface area contributed by atoms with E-state index in [2.05, 4.69) is 26.1 Å². The number of fused-ring (bicyclic) bond motifs is 1. The second-order valence-electron chi connectivity index (χ2n) is 10.1. The zero-order chi connectivity index (χ0) is 27.6. The van der Waals surface area contributed by atoms with Gasteiger partial charge in [0.25, 0.3) is 0 Å². The van der Waals surface area contributed by atoms with E-state index < -0.39 is 28.1 Å². The summed E-state index contributed by atoms with van der Waals surface area (Å²) in [5, 5.41) is 13.8. The zero-order valence-electron chi connectivity index (χ0n) is 22.4. The third-order valence-corrected chi connectivity index (χ3v) is 7.06. The first-order valence-electron chi connectivity index (χ1n) is 12.5. The molecular formula is C27H41N3O6S. The SMILES string of the molecule is CC(C)C.CC(C)CN(C[C@@H](O)[C@H](Cc1ccccc1)NC(=O)CN)S(=O)(=O)c1ccc2c(c1)OCO2. The molecule has 1 amide bonds. The molecule has 1 aliphatic rings. The van der Waals surface area contributed by atoms with Gasteiger partial charge in [-0.3, -0.25) is 4.79 Å². The number of nitrogens with two attached hydrogens (primary N) is 1. The van der Waals surface area contributed by atoms with Gasteiger partial charge in [-0.2, -0.15) is 4.31 Å². The topological polar surface area (TPSA) is 131 Å². The number of hydrogen-bond donors (Lipinski definition) is 3. The molecule has 1 aliphatic heterocycles. The van der Waals surface area contributed by atoms with Crippen LogP contribution in [0.2, 0.25) is 0 Å². The third kappa shape index (κ3) is 9.62. The van der Waals surface area contributed by atoms with E-state index in [-0.39, 0.29) is 37.2 Å². The molecule has 4 N–H and O–H groups in total. The van der Waals surface area contributed by atoms with Crippen molar-refractivity contribution >= 4 is 15.9 Å². The summed E-state index contributed by atoms with van der Waals surface area (Å²) < 4.78 is 38.8. The van der Waals surface area contributed by atoms with Crippen molar-refractivity contribution in [2.45, 2.75) is 58.1 Å². The molecule has 0 aliphatic carbocycles. The number of sulfonamides is 1. The number of amides is 1. The van der Waals surface area contributed by atoms with Gasteiger partial charge < -0.3 is 25.6 Å².